The van der Waals surface area contributed by atoms with Crippen molar-refractivity contribution in [2.45, 2.75) is 65.1 Å². The highest BCUT2D eigenvalue weighted by atomic mass is 16.3. The van der Waals surface area contributed by atoms with Crippen LogP contribution in [0.1, 0.15) is 53.4 Å². The van der Waals surface area contributed by atoms with Gasteiger partial charge in [0.1, 0.15) is 0 Å². The number of hydrogen-bond donors (Lipinski definition) is 2. The molecule has 0 radical (unpaired) electrons. The molecule has 0 aliphatic heterocycles. The summed E-state index contributed by atoms with van der Waals surface area (Å²) in [4.78, 5) is 11.9. The second-order valence-electron chi connectivity index (χ2n) is 6.75. The molecule has 0 heterocycles. The molecule has 3 nitrogen and oxygen atoms in total. The van der Waals surface area contributed by atoms with Crippen molar-refractivity contribution in [1.29, 1.82) is 0 Å². The molecule has 2 rings (SSSR count). The van der Waals surface area contributed by atoms with Crippen LogP contribution in [0.2, 0.25) is 0 Å². The number of rotatable bonds is 1. The van der Waals surface area contributed by atoms with Crippen molar-refractivity contribution >= 4 is 5.78 Å². The molecule has 1 fully saturated rings. The highest BCUT2D eigenvalue weighted by molar-refractivity contribution is 5.96. The van der Waals surface area contributed by atoms with Gasteiger partial charge < -0.3 is 10.2 Å². The van der Waals surface area contributed by atoms with Crippen LogP contribution in [0.5, 0.6) is 0 Å². The Balaban J connectivity index is 2.41. The minimum Gasteiger partial charge on any atom is -0.392 e. The zero-order valence-electron chi connectivity index (χ0n) is 11.8. The Morgan fingerprint density at radius 1 is 1.39 bits per heavy atom. The Morgan fingerprint density at radius 2 is 2.00 bits per heavy atom. The Hall–Kier alpha value is -0.670. The molecule has 3 atom stereocenters. The number of Topliss-reactive ketones (excluding diaryl/α,β-unsaturated/α-hetero) is 1. The third kappa shape index (κ3) is 2.04. The lowest BCUT2D eigenvalue weighted by atomic mass is 9.58. The average molecular weight is 252 g/mol. The average Bonchev–Trinajstić information content (AvgIpc) is 2.25. The van der Waals surface area contributed by atoms with Gasteiger partial charge in [0, 0.05) is 11.8 Å². The van der Waals surface area contributed by atoms with Crippen molar-refractivity contribution in [3.63, 3.8) is 0 Å². The van der Waals surface area contributed by atoms with Gasteiger partial charge in [-0.3, -0.25) is 4.79 Å². The van der Waals surface area contributed by atoms with E-state index < -0.39 is 11.7 Å². The van der Waals surface area contributed by atoms with Gasteiger partial charge in [-0.1, -0.05) is 12.5 Å². The predicted octanol–water partition coefficient (Wildman–Crippen LogP) is 2.21. The van der Waals surface area contributed by atoms with Gasteiger partial charge in [-0.15, -0.1) is 0 Å². The van der Waals surface area contributed by atoms with E-state index in [0.29, 0.717) is 12.8 Å². The number of ketones is 1. The van der Waals surface area contributed by atoms with E-state index in [2.05, 4.69) is 6.92 Å². The molecule has 2 N–H and O–H groups in total. The van der Waals surface area contributed by atoms with Gasteiger partial charge in [0.25, 0.3) is 0 Å². The number of aliphatic hydroxyl groups is 2. The summed E-state index contributed by atoms with van der Waals surface area (Å²) in [6.07, 6.45) is 2.16. The molecular formula is C15H24O3. The van der Waals surface area contributed by atoms with Gasteiger partial charge in [0.05, 0.1) is 11.7 Å². The molecule has 102 valence electrons. The van der Waals surface area contributed by atoms with E-state index in [0.717, 1.165) is 24.0 Å². The van der Waals surface area contributed by atoms with Crippen molar-refractivity contribution in [3.05, 3.63) is 11.1 Å². The first-order chi connectivity index (χ1) is 8.16. The zero-order valence-corrected chi connectivity index (χ0v) is 11.8. The van der Waals surface area contributed by atoms with Crippen LogP contribution in [0.15, 0.2) is 11.1 Å². The third-order valence-electron chi connectivity index (χ3n) is 5.12. The fourth-order valence-corrected chi connectivity index (χ4v) is 3.46. The van der Waals surface area contributed by atoms with Crippen molar-refractivity contribution in [2.24, 2.45) is 11.3 Å². The largest absolute Gasteiger partial charge is 0.392 e. The molecule has 0 aromatic heterocycles. The molecule has 1 saturated carbocycles. The van der Waals surface area contributed by atoms with Crippen LogP contribution in [0.25, 0.3) is 0 Å². The Morgan fingerprint density at radius 3 is 2.56 bits per heavy atom. The fraction of sp³-hybridized carbons (Fsp3) is 0.800. The van der Waals surface area contributed by atoms with Crippen LogP contribution in [-0.4, -0.2) is 27.7 Å². The van der Waals surface area contributed by atoms with E-state index >= 15 is 0 Å². The number of hydrogen-bond acceptors (Lipinski definition) is 3. The molecule has 0 aromatic carbocycles. The van der Waals surface area contributed by atoms with Gasteiger partial charge >= 0.3 is 0 Å². The van der Waals surface area contributed by atoms with Crippen LogP contribution < -0.4 is 0 Å². The fourth-order valence-electron chi connectivity index (χ4n) is 3.46. The molecule has 0 spiro atoms. The maximum absolute atomic E-state index is 11.9. The van der Waals surface area contributed by atoms with Crippen LogP contribution in [0, 0.1) is 11.3 Å². The number of aliphatic hydroxyl groups excluding tert-OH is 1. The molecule has 2 aliphatic carbocycles. The van der Waals surface area contributed by atoms with Gasteiger partial charge in [-0.05, 0) is 51.5 Å². The Labute approximate surface area is 109 Å². The minimum atomic E-state index is -0.809. The zero-order chi connectivity index (χ0) is 13.7. The lowest BCUT2D eigenvalue weighted by Crippen LogP contribution is -2.48. The molecule has 1 unspecified atom stereocenters. The normalized spacial score (nSPS) is 37.8. The molecule has 3 heteroatoms. The summed E-state index contributed by atoms with van der Waals surface area (Å²) in [5.41, 5.74) is 0.817. The van der Waals surface area contributed by atoms with E-state index in [1.165, 1.54) is 0 Å². The summed E-state index contributed by atoms with van der Waals surface area (Å²) in [6.45, 7) is 7.50. The number of carbonyl (C=O) groups excluding carboxylic acids is 1. The van der Waals surface area contributed by atoms with Gasteiger partial charge in [0.2, 0.25) is 0 Å². The molecule has 0 aromatic rings. The second kappa shape index (κ2) is 4.17. The highest BCUT2D eigenvalue weighted by Crippen LogP contribution is 2.52. The topological polar surface area (TPSA) is 57.5 Å². The maximum Gasteiger partial charge on any atom is 0.158 e. The first kappa shape index (κ1) is 13.8. The molecule has 0 bridgehead atoms. The van der Waals surface area contributed by atoms with Gasteiger partial charge in [-0.25, -0.2) is 0 Å². The highest BCUT2D eigenvalue weighted by Gasteiger charge is 2.48. The standard InChI is InChI=1S/C15H24O3/c1-9-11-7-10(14(2,3)18)8-13(17)15(11,4)6-5-12(9)16/h10,13,17-18H,5-8H2,1-4H3/t10-,13?,15-/m0/s1. The van der Waals surface area contributed by atoms with E-state index in [-0.39, 0.29) is 17.1 Å². The van der Waals surface area contributed by atoms with Crippen molar-refractivity contribution in [1.82, 2.24) is 0 Å². The van der Waals surface area contributed by atoms with Crippen LogP contribution in [0.4, 0.5) is 0 Å². The molecule has 0 saturated heterocycles. The summed E-state index contributed by atoms with van der Waals surface area (Å²) in [5, 5.41) is 20.6. The van der Waals surface area contributed by atoms with Crippen molar-refractivity contribution < 1.29 is 15.0 Å². The van der Waals surface area contributed by atoms with E-state index in [1.54, 1.807) is 13.8 Å². The summed E-state index contributed by atoms with van der Waals surface area (Å²) in [6, 6.07) is 0. The summed E-state index contributed by atoms with van der Waals surface area (Å²) in [7, 11) is 0. The third-order valence-corrected chi connectivity index (χ3v) is 5.12. The predicted molar refractivity (Wildman–Crippen MR) is 70.1 cm³/mol. The molecular weight excluding hydrogens is 228 g/mol. The Kier molecular flexibility index (Phi) is 3.19. The monoisotopic (exact) mass is 252 g/mol. The van der Waals surface area contributed by atoms with Gasteiger partial charge in [-0.2, -0.15) is 0 Å². The Bertz CT molecular complexity index is 402. The summed E-state index contributed by atoms with van der Waals surface area (Å²) in [5.74, 6) is 0.225. The number of carbonyl (C=O) groups is 1. The second-order valence-corrected chi connectivity index (χ2v) is 6.75. The van der Waals surface area contributed by atoms with Crippen LogP contribution in [0.3, 0.4) is 0 Å². The first-order valence-corrected chi connectivity index (χ1v) is 6.80. The van der Waals surface area contributed by atoms with E-state index in [9.17, 15) is 15.0 Å². The van der Waals surface area contributed by atoms with E-state index in [4.69, 9.17) is 0 Å². The molecule has 18 heavy (non-hydrogen) atoms. The van der Waals surface area contributed by atoms with Gasteiger partial charge in [0.15, 0.2) is 5.78 Å². The lowest BCUT2D eigenvalue weighted by Gasteiger charge is -2.49. The maximum atomic E-state index is 11.9. The SMILES string of the molecule is CC1=C2C[C@H](C(C)(C)O)CC(O)[C@@]2(C)CCC1=O. The number of fused-ring (bicyclic) bond motifs is 1. The number of allylic oxidation sites excluding steroid dienone is 1. The quantitative estimate of drug-likeness (QED) is 0.752. The summed E-state index contributed by atoms with van der Waals surface area (Å²) < 4.78 is 0. The first-order valence-electron chi connectivity index (χ1n) is 6.80. The lowest BCUT2D eigenvalue weighted by molar-refractivity contribution is -0.119. The minimum absolute atomic E-state index is 0.0245. The van der Waals surface area contributed by atoms with E-state index in [1.807, 2.05) is 6.92 Å². The van der Waals surface area contributed by atoms with Crippen molar-refractivity contribution in [3.8, 4) is 0 Å². The molecule has 0 amide bonds. The van der Waals surface area contributed by atoms with Crippen molar-refractivity contribution in [2.75, 3.05) is 0 Å². The smallest absolute Gasteiger partial charge is 0.158 e. The van der Waals surface area contributed by atoms with Crippen LogP contribution >= 0.6 is 0 Å². The molecule has 2 aliphatic rings. The summed E-state index contributed by atoms with van der Waals surface area (Å²) >= 11 is 0. The van der Waals surface area contributed by atoms with Crippen LogP contribution in [-0.2, 0) is 4.79 Å².